The van der Waals surface area contributed by atoms with Crippen molar-refractivity contribution in [1.29, 1.82) is 0 Å². The maximum Gasteiger partial charge on any atom is 0.313 e. The lowest BCUT2D eigenvalue weighted by atomic mass is 9.87. The van der Waals surface area contributed by atoms with Crippen molar-refractivity contribution < 1.29 is 57.5 Å². The lowest BCUT2D eigenvalue weighted by molar-refractivity contribution is -0.196. The van der Waals surface area contributed by atoms with Crippen LogP contribution in [0.5, 0.6) is 5.75 Å². The normalized spacial score (nSPS) is 31.9. The van der Waals surface area contributed by atoms with E-state index in [4.69, 9.17) is 33.5 Å². The first-order valence-corrected chi connectivity index (χ1v) is 23.1. The fourth-order valence-corrected chi connectivity index (χ4v) is 9.25. The summed E-state index contributed by atoms with van der Waals surface area (Å²) in [6.45, 7) is 22.4. The van der Waals surface area contributed by atoms with Crippen molar-refractivity contribution in [2.45, 2.75) is 183 Å². The molecular formula is C49H74O12. The second-order valence-electron chi connectivity index (χ2n) is 20.4. The average Bonchev–Trinajstić information content (AvgIpc) is 4.08. The molecule has 4 bridgehead atoms. The number of rotatable bonds is 11. The maximum absolute atomic E-state index is 12.1. The molecule has 12 nitrogen and oxygen atoms in total. The van der Waals surface area contributed by atoms with Crippen molar-refractivity contribution in [2.24, 2.45) is 51.8 Å². The van der Waals surface area contributed by atoms with E-state index in [1.54, 1.807) is 12.1 Å². The molecule has 12 heteroatoms. The van der Waals surface area contributed by atoms with E-state index in [1.807, 2.05) is 74.4 Å². The molecule has 4 aliphatic carbocycles. The van der Waals surface area contributed by atoms with Gasteiger partial charge >= 0.3 is 29.8 Å². The maximum atomic E-state index is 12.1. The van der Waals surface area contributed by atoms with Crippen LogP contribution in [0.15, 0.2) is 24.3 Å². The third-order valence-corrected chi connectivity index (χ3v) is 15.1. The molecule has 1 aromatic rings. The summed E-state index contributed by atoms with van der Waals surface area (Å²) in [5.74, 6) is 1.70. The van der Waals surface area contributed by atoms with Gasteiger partial charge in [0.1, 0.15) is 30.2 Å². The molecule has 4 saturated carbocycles. The van der Waals surface area contributed by atoms with Crippen molar-refractivity contribution in [3.8, 4) is 5.75 Å². The molecule has 1 N–H and O–H groups in total. The van der Waals surface area contributed by atoms with Crippen molar-refractivity contribution in [1.82, 2.24) is 0 Å². The predicted octanol–water partition coefficient (Wildman–Crippen LogP) is 9.23. The second-order valence-corrected chi connectivity index (χ2v) is 20.4. The molecule has 3 saturated heterocycles. The van der Waals surface area contributed by atoms with E-state index in [0.29, 0.717) is 41.9 Å². The Morgan fingerprint density at radius 3 is 1.48 bits per heavy atom. The highest BCUT2D eigenvalue weighted by Gasteiger charge is 2.64. The minimum absolute atomic E-state index is 0.0779. The zero-order valence-electron chi connectivity index (χ0n) is 38.7. The largest absolute Gasteiger partial charge is 0.508 e. The quantitative estimate of drug-likeness (QED) is 0.166. The SMILES string of the molecule is CCC(C)(C)C(=O)OC1C2CC3C(=O)OC1C3C2.CCC(C)(C)C(=O)OC1C2CC3C(=O)OC1C3C2.CCC(C)(C)C(=O)OC1CCCCO1.CCC(C)c1ccc(O)cc1. The van der Waals surface area contributed by atoms with Crippen LogP contribution in [0.3, 0.4) is 0 Å². The molecule has 0 radical (unpaired) electrons. The first-order chi connectivity index (χ1) is 28.7. The van der Waals surface area contributed by atoms with Gasteiger partial charge in [-0.25, -0.2) is 0 Å². The van der Waals surface area contributed by atoms with Crippen LogP contribution in [-0.4, -0.2) is 72.3 Å². The highest BCUT2D eigenvalue weighted by atomic mass is 16.7. The molecule has 0 spiro atoms. The van der Waals surface area contributed by atoms with E-state index in [-0.39, 0.29) is 77.8 Å². The molecule has 12 atom stereocenters. The topological polar surface area (TPSA) is 161 Å². The predicted molar refractivity (Wildman–Crippen MR) is 228 cm³/mol. The molecule has 0 aromatic heterocycles. The summed E-state index contributed by atoms with van der Waals surface area (Å²) in [4.78, 5) is 59.1. The summed E-state index contributed by atoms with van der Waals surface area (Å²) in [5, 5.41) is 9.01. The Labute approximate surface area is 363 Å². The van der Waals surface area contributed by atoms with Gasteiger partial charge in [-0.2, -0.15) is 0 Å². The molecule has 7 fully saturated rings. The monoisotopic (exact) mass is 855 g/mol. The number of carbonyl (C=O) groups is 5. The van der Waals surface area contributed by atoms with Crippen molar-refractivity contribution >= 4 is 29.8 Å². The van der Waals surface area contributed by atoms with E-state index in [9.17, 15) is 24.0 Å². The molecule has 1 aromatic carbocycles. The van der Waals surface area contributed by atoms with Crippen molar-refractivity contribution in [3.63, 3.8) is 0 Å². The van der Waals surface area contributed by atoms with Gasteiger partial charge in [0.25, 0.3) is 0 Å². The fraction of sp³-hybridized carbons (Fsp3) is 0.776. The van der Waals surface area contributed by atoms with Gasteiger partial charge in [0, 0.05) is 30.1 Å². The van der Waals surface area contributed by atoms with Crippen molar-refractivity contribution in [2.75, 3.05) is 6.61 Å². The molecule has 8 rings (SSSR count). The molecule has 3 heterocycles. The van der Waals surface area contributed by atoms with E-state index < -0.39 is 10.8 Å². The Bertz CT molecular complexity index is 1620. The van der Waals surface area contributed by atoms with E-state index in [0.717, 1.165) is 70.6 Å². The van der Waals surface area contributed by atoms with Gasteiger partial charge in [0.15, 0.2) is 0 Å². The zero-order valence-corrected chi connectivity index (χ0v) is 38.7. The van der Waals surface area contributed by atoms with Gasteiger partial charge in [0.2, 0.25) is 6.29 Å². The molecule has 3 aliphatic heterocycles. The number of phenolic OH excluding ortho intramolecular Hbond substituents is 1. The summed E-state index contributed by atoms with van der Waals surface area (Å²) in [5.41, 5.74) is -0.000545. The number of ether oxygens (including phenoxy) is 6. The highest BCUT2D eigenvalue weighted by Crippen LogP contribution is 2.57. The Kier molecular flexibility index (Phi) is 15.7. The third-order valence-electron chi connectivity index (χ3n) is 15.1. The van der Waals surface area contributed by atoms with Gasteiger partial charge in [-0.1, -0.05) is 46.8 Å². The van der Waals surface area contributed by atoms with Gasteiger partial charge in [-0.3, -0.25) is 24.0 Å². The number of aromatic hydroxyl groups is 1. The summed E-state index contributed by atoms with van der Waals surface area (Å²) < 4.78 is 32.7. The van der Waals surface area contributed by atoms with Crippen molar-refractivity contribution in [3.05, 3.63) is 29.8 Å². The van der Waals surface area contributed by atoms with Gasteiger partial charge in [-0.05, 0) is 129 Å². The van der Waals surface area contributed by atoms with Crippen LogP contribution in [0.4, 0.5) is 0 Å². The van der Waals surface area contributed by atoms with E-state index in [1.165, 1.54) is 5.56 Å². The number of benzene rings is 1. The van der Waals surface area contributed by atoms with Gasteiger partial charge < -0.3 is 33.5 Å². The summed E-state index contributed by atoms with van der Waals surface area (Å²) in [6.07, 6.45) is 9.03. The van der Waals surface area contributed by atoms with Crippen LogP contribution >= 0.6 is 0 Å². The van der Waals surface area contributed by atoms with Gasteiger partial charge in [-0.15, -0.1) is 0 Å². The highest BCUT2D eigenvalue weighted by molar-refractivity contribution is 5.79. The summed E-state index contributed by atoms with van der Waals surface area (Å²) in [7, 11) is 0. The smallest absolute Gasteiger partial charge is 0.313 e. The number of phenols is 1. The third kappa shape index (κ3) is 10.9. The Hall–Kier alpha value is -3.67. The molecular weight excluding hydrogens is 781 g/mol. The Balaban J connectivity index is 0.000000157. The molecule has 342 valence electrons. The first-order valence-electron chi connectivity index (χ1n) is 23.1. The molecule has 7 aliphatic rings. The summed E-state index contributed by atoms with van der Waals surface area (Å²) >= 11 is 0. The second kappa shape index (κ2) is 19.8. The van der Waals surface area contributed by atoms with Crippen LogP contribution in [0.2, 0.25) is 0 Å². The van der Waals surface area contributed by atoms with E-state index >= 15 is 0 Å². The number of fused-ring (bicyclic) bond motifs is 2. The number of esters is 5. The average molecular weight is 855 g/mol. The minimum Gasteiger partial charge on any atom is -0.508 e. The van der Waals surface area contributed by atoms with Gasteiger partial charge in [0.05, 0.1) is 34.7 Å². The molecule has 61 heavy (non-hydrogen) atoms. The van der Waals surface area contributed by atoms with Crippen LogP contribution in [-0.2, 0) is 52.4 Å². The number of hydrogen-bond donors (Lipinski definition) is 1. The number of hydrogen-bond acceptors (Lipinski definition) is 12. The first kappa shape index (κ1) is 48.4. The van der Waals surface area contributed by atoms with E-state index in [2.05, 4.69) is 13.8 Å². The Morgan fingerprint density at radius 2 is 1.10 bits per heavy atom. The number of carbonyl (C=O) groups excluding carboxylic acids is 5. The van der Waals surface area contributed by atoms with Crippen LogP contribution in [0.1, 0.15) is 158 Å². The lowest BCUT2D eigenvalue weighted by Crippen LogP contribution is -2.39. The van der Waals surface area contributed by atoms with Crippen LogP contribution in [0.25, 0.3) is 0 Å². The lowest BCUT2D eigenvalue weighted by Gasteiger charge is -2.29. The zero-order chi connectivity index (χ0) is 45.0. The summed E-state index contributed by atoms with van der Waals surface area (Å²) in [6, 6.07) is 7.43. The molecule has 12 unspecified atom stereocenters. The van der Waals surface area contributed by atoms with Crippen LogP contribution < -0.4 is 0 Å². The van der Waals surface area contributed by atoms with Crippen LogP contribution in [0, 0.1) is 51.8 Å². The Morgan fingerprint density at radius 1 is 0.672 bits per heavy atom. The minimum atomic E-state index is -0.455. The molecule has 0 amide bonds. The standard InChI is InChI=1S/2C14H20O4.C11H20O3.C10H14O/c2*1-4-14(2,3)13(16)18-10-7-5-8-9(6-7)12(15)17-11(8)10;1-4-11(2,3)10(12)14-9-7-5-6-8-13-9;1-3-8(2)9-4-6-10(11)7-5-9/h2*7-11H,4-6H2,1-3H3;9H,4-8H2,1-3H3;4-8,11H,3H2,1-2H3. The fourth-order valence-electron chi connectivity index (χ4n) is 9.25.